The van der Waals surface area contributed by atoms with E-state index in [1.165, 1.54) is 0 Å². The molecular formula is C12H24N4O16. The first kappa shape index (κ1) is 30.8. The number of hydrogen-bond donors (Lipinski definition) is 0. The molecule has 0 aromatic rings. The summed E-state index contributed by atoms with van der Waals surface area (Å²) in [4.78, 5) is 54.7. The van der Waals surface area contributed by atoms with E-state index in [2.05, 4.69) is 19.4 Å². The number of ether oxygens (including phenoxy) is 4. The lowest BCUT2D eigenvalue weighted by Crippen LogP contribution is -2.14. The maximum atomic E-state index is 9.70. The maximum Gasteiger partial charge on any atom is 0.294 e. The first-order chi connectivity index (χ1) is 15.3. The van der Waals surface area contributed by atoms with Crippen LogP contribution < -0.4 is 0 Å². The van der Waals surface area contributed by atoms with Gasteiger partial charge in [-0.15, -0.1) is 40.5 Å². The molecule has 0 aliphatic heterocycles. The van der Waals surface area contributed by atoms with E-state index in [1.807, 2.05) is 0 Å². The SMILES string of the molecule is O=[N+]([O-])OCCOCCOCCO[N+](=O)[O-].O=[N+]([O-])OCCOCCOCCO[N+](=O)[O-]. The van der Waals surface area contributed by atoms with Crippen LogP contribution in [0, 0.1) is 40.5 Å². The van der Waals surface area contributed by atoms with Gasteiger partial charge in [-0.1, -0.05) is 0 Å². The fourth-order valence-corrected chi connectivity index (χ4v) is 1.33. The standard InChI is InChI=1S/2C6H12N2O8/c2*9-7(10)15-5-3-13-1-2-14-4-6-16-8(11)12/h2*1-6H2. The lowest BCUT2D eigenvalue weighted by Gasteiger charge is -2.04. The van der Waals surface area contributed by atoms with Crippen molar-refractivity contribution in [3.63, 3.8) is 0 Å². The summed E-state index contributed by atoms with van der Waals surface area (Å²) < 4.78 is 19.5. The Hall–Kier alpha value is -3.36. The summed E-state index contributed by atoms with van der Waals surface area (Å²) in [5.41, 5.74) is 0. The van der Waals surface area contributed by atoms with E-state index in [-0.39, 0.29) is 79.3 Å². The third kappa shape index (κ3) is 34.2. The predicted molar refractivity (Wildman–Crippen MR) is 95.1 cm³/mol. The number of nitrogens with zero attached hydrogens (tertiary/aromatic N) is 4. The molecule has 0 aromatic carbocycles. The van der Waals surface area contributed by atoms with Gasteiger partial charge in [0.15, 0.2) is 0 Å². The highest BCUT2D eigenvalue weighted by Gasteiger charge is 1.97. The van der Waals surface area contributed by atoms with Crippen LogP contribution in [-0.4, -0.2) is 99.6 Å². The topological polar surface area (TPSA) is 246 Å². The fraction of sp³-hybridized carbons (Fsp3) is 1.00. The molecule has 0 fully saturated rings. The van der Waals surface area contributed by atoms with Crippen molar-refractivity contribution in [2.45, 2.75) is 0 Å². The molecule has 0 heterocycles. The van der Waals surface area contributed by atoms with Crippen molar-refractivity contribution in [3.8, 4) is 0 Å². The average molecular weight is 480 g/mol. The smallest absolute Gasteiger partial charge is 0.294 e. The Morgan fingerprint density at radius 2 is 0.500 bits per heavy atom. The molecule has 188 valence electrons. The van der Waals surface area contributed by atoms with Crippen molar-refractivity contribution in [3.05, 3.63) is 40.5 Å². The summed E-state index contributed by atoms with van der Waals surface area (Å²) in [7, 11) is 0. The molecule has 0 radical (unpaired) electrons. The van der Waals surface area contributed by atoms with Crippen LogP contribution in [0.1, 0.15) is 0 Å². The molecule has 0 aliphatic rings. The van der Waals surface area contributed by atoms with Crippen molar-refractivity contribution >= 4 is 0 Å². The van der Waals surface area contributed by atoms with Gasteiger partial charge in [-0.05, 0) is 0 Å². The van der Waals surface area contributed by atoms with Gasteiger partial charge in [0.05, 0.1) is 52.9 Å². The van der Waals surface area contributed by atoms with Gasteiger partial charge in [0.1, 0.15) is 26.4 Å². The molecule has 0 atom stereocenters. The average Bonchev–Trinajstić information content (AvgIpc) is 2.70. The third-order valence-electron chi connectivity index (χ3n) is 2.44. The van der Waals surface area contributed by atoms with E-state index in [0.717, 1.165) is 0 Å². The van der Waals surface area contributed by atoms with Crippen LogP contribution in [0.3, 0.4) is 0 Å². The van der Waals surface area contributed by atoms with Gasteiger partial charge in [0.25, 0.3) is 20.3 Å². The van der Waals surface area contributed by atoms with E-state index < -0.39 is 20.3 Å². The van der Waals surface area contributed by atoms with Crippen LogP contribution in [0.25, 0.3) is 0 Å². The predicted octanol–water partition coefficient (Wildman–Crippen LogP) is -1.13. The van der Waals surface area contributed by atoms with Crippen molar-refractivity contribution in [2.75, 3.05) is 79.3 Å². The number of hydrogen-bond acceptors (Lipinski definition) is 16. The van der Waals surface area contributed by atoms with E-state index in [1.54, 1.807) is 0 Å². The summed E-state index contributed by atoms with van der Waals surface area (Å²) in [6.07, 6.45) is 0. The molecule has 32 heavy (non-hydrogen) atoms. The fourth-order valence-electron chi connectivity index (χ4n) is 1.33. The van der Waals surface area contributed by atoms with Gasteiger partial charge in [-0.25, -0.2) is 0 Å². The molecule has 0 bridgehead atoms. The molecule has 20 heteroatoms. The zero-order chi connectivity index (χ0) is 24.5. The molecule has 20 nitrogen and oxygen atoms in total. The lowest BCUT2D eigenvalue weighted by atomic mass is 10.7. The van der Waals surface area contributed by atoms with Crippen molar-refractivity contribution in [1.82, 2.24) is 0 Å². The minimum Gasteiger partial charge on any atom is -0.377 e. The van der Waals surface area contributed by atoms with Gasteiger partial charge in [-0.2, -0.15) is 0 Å². The molecule has 0 spiro atoms. The minimum atomic E-state index is -0.908. The second-order valence-electron chi connectivity index (χ2n) is 4.68. The Morgan fingerprint density at radius 3 is 0.656 bits per heavy atom. The summed E-state index contributed by atoms with van der Waals surface area (Å²) in [6, 6.07) is 0. The highest BCUT2D eigenvalue weighted by Crippen LogP contribution is 1.84. The highest BCUT2D eigenvalue weighted by molar-refractivity contribution is 4.32. The summed E-state index contributed by atoms with van der Waals surface area (Å²) in [5.74, 6) is 0. The molecule has 0 saturated heterocycles. The number of rotatable bonds is 22. The van der Waals surface area contributed by atoms with Crippen LogP contribution in [0.5, 0.6) is 0 Å². The molecule has 0 rings (SSSR count). The Labute approximate surface area is 179 Å². The first-order valence-electron chi connectivity index (χ1n) is 8.65. The Balaban J connectivity index is 0. The summed E-state index contributed by atoms with van der Waals surface area (Å²) in [5, 5.41) is 35.2. The summed E-state index contributed by atoms with van der Waals surface area (Å²) in [6.45, 7) is 0.638. The quantitative estimate of drug-likeness (QED) is 0.101. The normalized spacial score (nSPS) is 9.75. The first-order valence-corrected chi connectivity index (χ1v) is 8.65. The van der Waals surface area contributed by atoms with Crippen molar-refractivity contribution in [1.29, 1.82) is 0 Å². The molecule has 0 unspecified atom stereocenters. The second kappa shape index (κ2) is 23.9. The van der Waals surface area contributed by atoms with Crippen LogP contribution in [0.2, 0.25) is 0 Å². The zero-order valence-electron chi connectivity index (χ0n) is 16.8. The third-order valence-corrected chi connectivity index (χ3v) is 2.44. The Morgan fingerprint density at radius 1 is 0.344 bits per heavy atom. The molecule has 0 saturated carbocycles. The maximum absolute atomic E-state index is 9.70. The van der Waals surface area contributed by atoms with Gasteiger partial charge in [-0.3, -0.25) is 0 Å². The van der Waals surface area contributed by atoms with Gasteiger partial charge < -0.3 is 38.3 Å². The monoisotopic (exact) mass is 480 g/mol. The molecule has 0 amide bonds. The van der Waals surface area contributed by atoms with Crippen LogP contribution in [0.15, 0.2) is 0 Å². The van der Waals surface area contributed by atoms with Crippen molar-refractivity contribution in [2.24, 2.45) is 0 Å². The van der Waals surface area contributed by atoms with Gasteiger partial charge in [0, 0.05) is 0 Å². The van der Waals surface area contributed by atoms with Gasteiger partial charge >= 0.3 is 0 Å². The van der Waals surface area contributed by atoms with E-state index in [0.29, 0.717) is 0 Å². The Kier molecular flexibility index (Phi) is 23.0. The molecular weight excluding hydrogens is 456 g/mol. The molecule has 0 N–H and O–H groups in total. The largest absolute Gasteiger partial charge is 0.377 e. The summed E-state index contributed by atoms with van der Waals surface area (Å²) >= 11 is 0. The molecule has 0 aromatic heterocycles. The van der Waals surface area contributed by atoms with E-state index in [4.69, 9.17) is 18.9 Å². The Bertz CT molecular complexity index is 421. The van der Waals surface area contributed by atoms with Crippen LogP contribution in [0.4, 0.5) is 0 Å². The van der Waals surface area contributed by atoms with Crippen LogP contribution in [-0.2, 0) is 38.3 Å². The molecule has 0 aliphatic carbocycles. The zero-order valence-corrected chi connectivity index (χ0v) is 16.8. The van der Waals surface area contributed by atoms with E-state index in [9.17, 15) is 40.5 Å². The van der Waals surface area contributed by atoms with E-state index >= 15 is 0 Å². The highest BCUT2D eigenvalue weighted by atomic mass is 17.0. The lowest BCUT2D eigenvalue weighted by molar-refractivity contribution is -0.758. The van der Waals surface area contributed by atoms with Crippen molar-refractivity contribution < 1.29 is 58.6 Å². The van der Waals surface area contributed by atoms with Gasteiger partial charge in [0.2, 0.25) is 0 Å². The minimum absolute atomic E-state index is 0.0791. The second-order valence-corrected chi connectivity index (χ2v) is 4.68. The van der Waals surface area contributed by atoms with Crippen LogP contribution >= 0.6 is 0 Å².